The molecular weight excluding hydrogens is 327 g/mol. The van der Waals surface area contributed by atoms with Crippen LogP contribution in [0.5, 0.6) is 5.75 Å². The first kappa shape index (κ1) is 17.0. The predicted octanol–water partition coefficient (Wildman–Crippen LogP) is 1.96. The third-order valence-electron chi connectivity index (χ3n) is 3.98. The lowest BCUT2D eigenvalue weighted by Gasteiger charge is -2.15. The zero-order valence-electron chi connectivity index (χ0n) is 13.6. The molecule has 0 unspecified atom stereocenters. The summed E-state index contributed by atoms with van der Waals surface area (Å²) in [6.45, 7) is 1.26. The Morgan fingerprint density at radius 1 is 1.36 bits per heavy atom. The minimum absolute atomic E-state index is 0.0624. The summed E-state index contributed by atoms with van der Waals surface area (Å²) in [5.74, 6) is 0.109. The molecule has 1 aromatic carbocycles. The number of carbonyl (C=O) groups is 2. The van der Waals surface area contributed by atoms with Gasteiger partial charge in [-0.2, -0.15) is 0 Å². The van der Waals surface area contributed by atoms with Crippen LogP contribution in [0.25, 0.3) is 0 Å². The Labute approximate surface area is 144 Å². The normalized spacial score (nSPS) is 16.9. The molecule has 2 heterocycles. The summed E-state index contributed by atoms with van der Waals surface area (Å²) < 4.78 is 23.6. The van der Waals surface area contributed by atoms with E-state index in [4.69, 9.17) is 9.15 Å². The van der Waals surface area contributed by atoms with Gasteiger partial charge < -0.3 is 19.4 Å². The molecule has 6 nitrogen and oxygen atoms in total. The van der Waals surface area contributed by atoms with E-state index in [1.54, 1.807) is 35.4 Å². The molecule has 1 aromatic heterocycles. The number of ether oxygens (including phenoxy) is 1. The Morgan fingerprint density at radius 3 is 3.00 bits per heavy atom. The van der Waals surface area contributed by atoms with Gasteiger partial charge in [0.15, 0.2) is 0 Å². The number of rotatable bonds is 7. The number of carbonyl (C=O) groups excluding carboxylic acids is 2. The lowest BCUT2D eigenvalue weighted by Crippen LogP contribution is -2.35. The zero-order chi connectivity index (χ0) is 17.6. The SMILES string of the molecule is O=C(NCCOc1cccc(F)c1)[C@H]1CC(=O)N(Cc2ccco2)C1. The number of halogens is 1. The van der Waals surface area contributed by atoms with Gasteiger partial charge in [0.2, 0.25) is 11.8 Å². The number of hydrogen-bond donors (Lipinski definition) is 1. The molecule has 0 spiro atoms. The smallest absolute Gasteiger partial charge is 0.225 e. The fourth-order valence-corrected chi connectivity index (χ4v) is 2.74. The Morgan fingerprint density at radius 2 is 2.24 bits per heavy atom. The summed E-state index contributed by atoms with van der Waals surface area (Å²) >= 11 is 0. The number of benzene rings is 1. The van der Waals surface area contributed by atoms with Gasteiger partial charge >= 0.3 is 0 Å². The first-order valence-electron chi connectivity index (χ1n) is 8.08. The van der Waals surface area contributed by atoms with Gasteiger partial charge in [0.1, 0.15) is 23.9 Å². The van der Waals surface area contributed by atoms with Crippen LogP contribution < -0.4 is 10.1 Å². The van der Waals surface area contributed by atoms with E-state index in [0.717, 1.165) is 0 Å². The van der Waals surface area contributed by atoms with E-state index in [1.807, 2.05) is 0 Å². The molecule has 0 radical (unpaired) electrons. The second-order valence-electron chi connectivity index (χ2n) is 5.85. The molecule has 2 aromatic rings. The Kier molecular flexibility index (Phi) is 5.33. The van der Waals surface area contributed by atoms with E-state index in [2.05, 4.69) is 5.32 Å². The molecule has 0 aliphatic carbocycles. The van der Waals surface area contributed by atoms with Gasteiger partial charge in [-0.25, -0.2) is 4.39 Å². The number of nitrogens with zero attached hydrogens (tertiary/aromatic N) is 1. The van der Waals surface area contributed by atoms with Crippen LogP contribution in [0.3, 0.4) is 0 Å². The van der Waals surface area contributed by atoms with Crippen LogP contribution in [0, 0.1) is 11.7 Å². The van der Waals surface area contributed by atoms with Crippen molar-refractivity contribution in [1.29, 1.82) is 0 Å². The molecule has 25 heavy (non-hydrogen) atoms. The average molecular weight is 346 g/mol. The van der Waals surface area contributed by atoms with Crippen LogP contribution >= 0.6 is 0 Å². The number of amides is 2. The fraction of sp³-hybridized carbons (Fsp3) is 0.333. The Bertz CT molecular complexity index is 732. The summed E-state index contributed by atoms with van der Waals surface area (Å²) in [4.78, 5) is 25.8. The van der Waals surface area contributed by atoms with Crippen molar-refractivity contribution in [3.63, 3.8) is 0 Å². The van der Waals surface area contributed by atoms with Crippen molar-refractivity contribution >= 4 is 11.8 Å². The molecule has 7 heteroatoms. The largest absolute Gasteiger partial charge is 0.492 e. The molecule has 0 saturated carbocycles. The van der Waals surface area contributed by atoms with E-state index in [-0.39, 0.29) is 43.1 Å². The van der Waals surface area contributed by atoms with Gasteiger partial charge in [0.25, 0.3) is 0 Å². The summed E-state index contributed by atoms with van der Waals surface area (Å²) in [6.07, 6.45) is 1.75. The van der Waals surface area contributed by atoms with E-state index in [0.29, 0.717) is 24.6 Å². The third-order valence-corrected chi connectivity index (χ3v) is 3.98. The monoisotopic (exact) mass is 346 g/mol. The Balaban J connectivity index is 1.40. The van der Waals surface area contributed by atoms with Crippen LogP contribution in [0.2, 0.25) is 0 Å². The summed E-state index contributed by atoms with van der Waals surface area (Å²) in [5, 5.41) is 2.75. The molecule has 1 atom stereocenters. The number of nitrogens with one attached hydrogen (secondary N) is 1. The van der Waals surface area contributed by atoms with Crippen molar-refractivity contribution < 1.29 is 23.1 Å². The quantitative estimate of drug-likeness (QED) is 0.778. The first-order valence-corrected chi connectivity index (χ1v) is 8.08. The van der Waals surface area contributed by atoms with Gasteiger partial charge in [-0.1, -0.05) is 6.07 Å². The molecule has 132 valence electrons. The number of hydrogen-bond acceptors (Lipinski definition) is 4. The van der Waals surface area contributed by atoms with Crippen molar-refractivity contribution in [2.75, 3.05) is 19.7 Å². The van der Waals surface area contributed by atoms with Crippen molar-refractivity contribution in [3.05, 3.63) is 54.2 Å². The number of likely N-dealkylation sites (tertiary alicyclic amines) is 1. The van der Waals surface area contributed by atoms with E-state index in [1.165, 1.54) is 12.1 Å². The molecule has 1 aliphatic heterocycles. The highest BCUT2D eigenvalue weighted by molar-refractivity contribution is 5.89. The zero-order valence-corrected chi connectivity index (χ0v) is 13.6. The van der Waals surface area contributed by atoms with Gasteiger partial charge in [-0.15, -0.1) is 0 Å². The maximum absolute atomic E-state index is 13.0. The minimum atomic E-state index is -0.378. The fourth-order valence-electron chi connectivity index (χ4n) is 2.74. The van der Waals surface area contributed by atoms with E-state index >= 15 is 0 Å². The van der Waals surface area contributed by atoms with Crippen molar-refractivity contribution in [2.45, 2.75) is 13.0 Å². The molecule has 1 fully saturated rings. The van der Waals surface area contributed by atoms with Crippen LogP contribution in [-0.4, -0.2) is 36.4 Å². The molecular formula is C18H19FN2O4. The molecule has 0 bridgehead atoms. The van der Waals surface area contributed by atoms with Crippen LogP contribution in [-0.2, 0) is 16.1 Å². The first-order chi connectivity index (χ1) is 12.1. The maximum atomic E-state index is 13.0. The second kappa shape index (κ2) is 7.83. The van der Waals surface area contributed by atoms with Gasteiger partial charge in [0, 0.05) is 19.0 Å². The molecule has 2 amide bonds. The van der Waals surface area contributed by atoms with Crippen LogP contribution in [0.4, 0.5) is 4.39 Å². The minimum Gasteiger partial charge on any atom is -0.492 e. The van der Waals surface area contributed by atoms with Crippen molar-refractivity contribution in [2.24, 2.45) is 5.92 Å². The topological polar surface area (TPSA) is 71.8 Å². The predicted molar refractivity (Wildman–Crippen MR) is 87.1 cm³/mol. The van der Waals surface area contributed by atoms with Gasteiger partial charge in [-0.05, 0) is 24.3 Å². The second-order valence-corrected chi connectivity index (χ2v) is 5.85. The lowest BCUT2D eigenvalue weighted by molar-refractivity contribution is -0.129. The highest BCUT2D eigenvalue weighted by Gasteiger charge is 2.34. The highest BCUT2D eigenvalue weighted by atomic mass is 19.1. The van der Waals surface area contributed by atoms with E-state index < -0.39 is 0 Å². The molecule has 3 rings (SSSR count). The van der Waals surface area contributed by atoms with Gasteiger partial charge in [-0.3, -0.25) is 9.59 Å². The highest BCUT2D eigenvalue weighted by Crippen LogP contribution is 2.20. The summed E-state index contributed by atoms with van der Waals surface area (Å²) in [5.41, 5.74) is 0. The van der Waals surface area contributed by atoms with Gasteiger partial charge in [0.05, 0.1) is 25.3 Å². The van der Waals surface area contributed by atoms with Crippen LogP contribution in [0.1, 0.15) is 12.2 Å². The number of furan rings is 1. The van der Waals surface area contributed by atoms with Crippen molar-refractivity contribution in [1.82, 2.24) is 10.2 Å². The average Bonchev–Trinajstić information content (AvgIpc) is 3.22. The summed E-state index contributed by atoms with van der Waals surface area (Å²) in [7, 11) is 0. The molecule has 1 saturated heterocycles. The third kappa shape index (κ3) is 4.59. The van der Waals surface area contributed by atoms with Crippen LogP contribution in [0.15, 0.2) is 47.1 Å². The molecule has 1 N–H and O–H groups in total. The lowest BCUT2D eigenvalue weighted by atomic mass is 10.1. The standard InChI is InChI=1S/C18H19FN2O4/c19-14-3-1-4-15(10-14)25-8-6-20-18(23)13-9-17(22)21(11-13)12-16-5-2-7-24-16/h1-5,7,10,13H,6,8-9,11-12H2,(H,20,23)/t13-/m0/s1. The maximum Gasteiger partial charge on any atom is 0.225 e. The van der Waals surface area contributed by atoms with E-state index in [9.17, 15) is 14.0 Å². The van der Waals surface area contributed by atoms with Crippen molar-refractivity contribution in [3.8, 4) is 5.75 Å². The summed E-state index contributed by atoms with van der Waals surface area (Å²) in [6, 6.07) is 9.38. The molecule has 1 aliphatic rings. The Hall–Kier alpha value is -2.83.